The number of rotatable bonds is 3. The summed E-state index contributed by atoms with van der Waals surface area (Å²) in [5.41, 5.74) is 8.65. The number of aromatic nitrogens is 4. The lowest BCUT2D eigenvalue weighted by Gasteiger charge is -2.23. The second-order valence-electron chi connectivity index (χ2n) is 10.6. The highest BCUT2D eigenvalue weighted by molar-refractivity contribution is 6.22. The maximum absolute atomic E-state index is 5.07. The number of nitrogens with zero attached hydrogens (tertiary/aromatic N) is 4. The first-order valence-electron chi connectivity index (χ1n) is 14.1. The Morgan fingerprint density at radius 2 is 1.14 bits per heavy atom. The molecule has 2 aromatic heterocycles. The van der Waals surface area contributed by atoms with E-state index in [4.69, 9.17) is 15.0 Å². The van der Waals surface area contributed by atoms with Crippen molar-refractivity contribution in [2.45, 2.75) is 0 Å². The predicted octanol–water partition coefficient (Wildman–Crippen LogP) is 9.18. The smallest absolute Gasteiger partial charge is 0.238 e. The van der Waals surface area contributed by atoms with Gasteiger partial charge in [-0.2, -0.15) is 9.97 Å². The minimum atomic E-state index is 0.590. The lowest BCUT2D eigenvalue weighted by atomic mass is 9.91. The molecule has 42 heavy (non-hydrogen) atoms. The third-order valence-electron chi connectivity index (χ3n) is 8.18. The molecule has 9 rings (SSSR count). The molecule has 1 aliphatic heterocycles. The summed E-state index contributed by atoms with van der Waals surface area (Å²) in [5.74, 6) is 1.87. The minimum Gasteiger partial charge on any atom is -0.354 e. The van der Waals surface area contributed by atoms with E-state index < -0.39 is 0 Å². The lowest BCUT2D eigenvalue weighted by molar-refractivity contribution is 0.953. The summed E-state index contributed by atoms with van der Waals surface area (Å²) in [4.78, 5) is 15.1. The second kappa shape index (κ2) is 8.85. The maximum atomic E-state index is 5.07. The number of anilines is 2. The Balaban J connectivity index is 1.36. The molecule has 0 bridgehead atoms. The van der Waals surface area contributed by atoms with Gasteiger partial charge < -0.3 is 5.32 Å². The second-order valence-corrected chi connectivity index (χ2v) is 10.6. The topological polar surface area (TPSA) is 55.6 Å². The molecule has 5 nitrogen and oxygen atoms in total. The van der Waals surface area contributed by atoms with Gasteiger partial charge in [-0.1, -0.05) is 115 Å². The van der Waals surface area contributed by atoms with Crippen molar-refractivity contribution in [1.29, 1.82) is 0 Å². The van der Waals surface area contributed by atoms with Crippen LogP contribution in [0.5, 0.6) is 0 Å². The van der Waals surface area contributed by atoms with Crippen LogP contribution in [0.4, 0.5) is 11.4 Å². The average molecular weight is 538 g/mol. The molecule has 0 radical (unpaired) electrons. The van der Waals surface area contributed by atoms with Gasteiger partial charge >= 0.3 is 0 Å². The fourth-order valence-electron chi connectivity index (χ4n) is 6.33. The molecular weight excluding hydrogens is 514 g/mol. The molecule has 0 saturated heterocycles. The van der Waals surface area contributed by atoms with Crippen LogP contribution < -0.4 is 5.32 Å². The highest BCUT2D eigenvalue weighted by atomic mass is 15.2. The zero-order chi connectivity index (χ0) is 27.6. The van der Waals surface area contributed by atoms with Crippen molar-refractivity contribution in [1.82, 2.24) is 19.5 Å². The van der Waals surface area contributed by atoms with Gasteiger partial charge in [0.15, 0.2) is 11.6 Å². The number of para-hydroxylation sites is 1. The Kier molecular flexibility index (Phi) is 4.83. The first kappa shape index (κ1) is 22.9. The maximum Gasteiger partial charge on any atom is 0.238 e. The molecule has 1 N–H and O–H groups in total. The van der Waals surface area contributed by atoms with Crippen LogP contribution in [0.15, 0.2) is 133 Å². The standard InChI is InChI=1S/C37H23N5/c1-3-11-24(12-4-1)35-39-36(25-13-5-2-6-14-25)41-37(40-35)42-30-20-8-7-17-28(30)33-31(42)22-21-27-26-18-9-15-23-16-10-19-29(32(23)26)38-34(27)33/h1-22,38H. The van der Waals surface area contributed by atoms with E-state index in [1.54, 1.807) is 0 Å². The molecule has 5 heteroatoms. The monoisotopic (exact) mass is 537 g/mol. The van der Waals surface area contributed by atoms with E-state index in [-0.39, 0.29) is 0 Å². The Morgan fingerprint density at radius 1 is 0.476 bits per heavy atom. The summed E-state index contributed by atoms with van der Waals surface area (Å²) < 4.78 is 2.17. The third-order valence-corrected chi connectivity index (χ3v) is 8.18. The summed E-state index contributed by atoms with van der Waals surface area (Å²) in [5, 5.41) is 8.60. The number of benzene rings is 6. The largest absolute Gasteiger partial charge is 0.354 e. The van der Waals surface area contributed by atoms with E-state index in [0.717, 1.165) is 44.3 Å². The van der Waals surface area contributed by atoms with Gasteiger partial charge in [0.1, 0.15) is 0 Å². The predicted molar refractivity (Wildman–Crippen MR) is 171 cm³/mol. The van der Waals surface area contributed by atoms with E-state index in [2.05, 4.69) is 82.7 Å². The van der Waals surface area contributed by atoms with Crippen molar-refractivity contribution in [3.05, 3.63) is 133 Å². The van der Waals surface area contributed by atoms with E-state index >= 15 is 0 Å². The van der Waals surface area contributed by atoms with Gasteiger partial charge in [0.05, 0.1) is 16.7 Å². The van der Waals surface area contributed by atoms with Crippen molar-refractivity contribution < 1.29 is 0 Å². The lowest BCUT2D eigenvalue weighted by Crippen LogP contribution is -2.06. The molecule has 0 spiro atoms. The Morgan fingerprint density at radius 3 is 1.88 bits per heavy atom. The molecule has 0 fully saturated rings. The molecule has 0 saturated carbocycles. The van der Waals surface area contributed by atoms with Crippen molar-refractivity contribution >= 4 is 44.0 Å². The van der Waals surface area contributed by atoms with Gasteiger partial charge in [0.2, 0.25) is 5.95 Å². The summed E-state index contributed by atoms with van der Waals surface area (Å²) in [6, 6.07) is 46.2. The first-order chi connectivity index (χ1) is 20.8. The number of hydrogen-bond acceptors (Lipinski definition) is 4. The van der Waals surface area contributed by atoms with Gasteiger partial charge in [-0.15, -0.1) is 0 Å². The fraction of sp³-hybridized carbons (Fsp3) is 0. The van der Waals surface area contributed by atoms with Crippen LogP contribution in [0.25, 0.3) is 72.4 Å². The Hall–Kier alpha value is -5.81. The van der Waals surface area contributed by atoms with Crippen molar-refractivity contribution in [3.63, 3.8) is 0 Å². The van der Waals surface area contributed by atoms with Crippen LogP contribution in [0.1, 0.15) is 0 Å². The molecule has 0 aliphatic carbocycles. The van der Waals surface area contributed by atoms with Crippen LogP contribution >= 0.6 is 0 Å². The molecule has 3 heterocycles. The molecule has 0 amide bonds. The third kappa shape index (κ3) is 3.34. The molecular formula is C37H23N5. The minimum absolute atomic E-state index is 0.590. The molecule has 0 unspecified atom stereocenters. The summed E-state index contributed by atoms with van der Waals surface area (Å²) in [6.45, 7) is 0. The van der Waals surface area contributed by atoms with Gasteiger partial charge in [0.25, 0.3) is 0 Å². The fourth-order valence-corrected chi connectivity index (χ4v) is 6.33. The molecule has 0 atom stereocenters. The van der Waals surface area contributed by atoms with Crippen LogP contribution in [-0.2, 0) is 0 Å². The van der Waals surface area contributed by atoms with Crippen LogP contribution in [0.3, 0.4) is 0 Å². The average Bonchev–Trinajstić information content (AvgIpc) is 3.41. The zero-order valence-corrected chi connectivity index (χ0v) is 22.5. The number of fused-ring (bicyclic) bond motifs is 6. The molecule has 6 aromatic carbocycles. The zero-order valence-electron chi connectivity index (χ0n) is 22.5. The van der Waals surface area contributed by atoms with Crippen LogP contribution in [-0.4, -0.2) is 19.5 Å². The molecule has 8 aromatic rings. The van der Waals surface area contributed by atoms with E-state index in [1.165, 1.54) is 21.9 Å². The number of nitrogens with one attached hydrogen (secondary N) is 1. The molecule has 1 aliphatic rings. The SMILES string of the molecule is c1ccc(-c2nc(-c3ccccc3)nc(-n3c4ccccc4c4c5c(ccc43)-c3cccc4cccc(c34)N5)n2)cc1. The number of hydrogen-bond donors (Lipinski definition) is 1. The summed E-state index contributed by atoms with van der Waals surface area (Å²) in [6.07, 6.45) is 0. The first-order valence-corrected chi connectivity index (χ1v) is 14.1. The van der Waals surface area contributed by atoms with Crippen molar-refractivity contribution in [2.75, 3.05) is 5.32 Å². The van der Waals surface area contributed by atoms with E-state index in [0.29, 0.717) is 17.6 Å². The van der Waals surface area contributed by atoms with E-state index in [1.807, 2.05) is 60.7 Å². The van der Waals surface area contributed by atoms with Gasteiger partial charge in [-0.05, 0) is 29.1 Å². The normalized spacial score (nSPS) is 12.0. The van der Waals surface area contributed by atoms with Crippen molar-refractivity contribution in [2.24, 2.45) is 0 Å². The van der Waals surface area contributed by atoms with Gasteiger partial charge in [0, 0.05) is 38.5 Å². The van der Waals surface area contributed by atoms with Crippen molar-refractivity contribution in [3.8, 4) is 39.9 Å². The highest BCUT2D eigenvalue weighted by Gasteiger charge is 2.25. The summed E-state index contributed by atoms with van der Waals surface area (Å²) >= 11 is 0. The van der Waals surface area contributed by atoms with Gasteiger partial charge in [-0.3, -0.25) is 4.57 Å². The van der Waals surface area contributed by atoms with Crippen LogP contribution in [0.2, 0.25) is 0 Å². The van der Waals surface area contributed by atoms with E-state index in [9.17, 15) is 0 Å². The Bertz CT molecular complexity index is 2260. The van der Waals surface area contributed by atoms with Gasteiger partial charge in [-0.25, -0.2) is 4.98 Å². The molecule has 196 valence electrons. The van der Waals surface area contributed by atoms with Crippen LogP contribution in [0, 0.1) is 0 Å². The summed E-state index contributed by atoms with van der Waals surface area (Å²) in [7, 11) is 0. The Labute approximate surface area is 241 Å². The quantitative estimate of drug-likeness (QED) is 0.244. The highest BCUT2D eigenvalue weighted by Crippen LogP contribution is 2.49.